The molecular formula is C33H37N5O2. The highest BCUT2D eigenvalue weighted by Crippen LogP contribution is 2.20. The molecule has 2 amide bonds. The molecule has 206 valence electrons. The topological polar surface area (TPSA) is 99.8 Å². The Morgan fingerprint density at radius 2 is 1.65 bits per heavy atom. The molecule has 0 bridgehead atoms. The van der Waals surface area contributed by atoms with Crippen molar-refractivity contribution in [2.24, 2.45) is 5.41 Å². The van der Waals surface area contributed by atoms with Gasteiger partial charge >= 0.3 is 0 Å². The number of aromatic nitrogens is 3. The van der Waals surface area contributed by atoms with E-state index < -0.39 is 0 Å². The first-order valence-corrected chi connectivity index (χ1v) is 13.4. The fourth-order valence-corrected chi connectivity index (χ4v) is 3.97. The molecule has 7 nitrogen and oxygen atoms in total. The van der Waals surface area contributed by atoms with E-state index in [1.54, 1.807) is 30.3 Å². The maximum atomic E-state index is 12.5. The first-order valence-electron chi connectivity index (χ1n) is 13.4. The minimum Gasteiger partial charge on any atom is -0.347 e. The highest BCUT2D eigenvalue weighted by Gasteiger charge is 2.17. The van der Waals surface area contributed by atoms with Crippen LogP contribution in [0.25, 0.3) is 23.2 Å². The molecule has 3 aromatic heterocycles. The number of H-pyrrole nitrogens is 1. The van der Waals surface area contributed by atoms with E-state index in [-0.39, 0.29) is 22.8 Å². The van der Waals surface area contributed by atoms with Gasteiger partial charge in [0.1, 0.15) is 11.5 Å². The Hall–Kier alpha value is -4.52. The Kier molecular flexibility index (Phi) is 8.33. The van der Waals surface area contributed by atoms with Crippen molar-refractivity contribution in [2.75, 3.05) is 5.32 Å². The van der Waals surface area contributed by atoms with Crippen molar-refractivity contribution >= 4 is 40.8 Å². The SMILES string of the molecule is CC(C)(C)/C=C/c1ccc2cc[nH]c2n1.CC(C)(C)NC(=O)c1cccc(C(=O)Nc2ccc3c(n2)CC=C3)c1. The summed E-state index contributed by atoms with van der Waals surface area (Å²) >= 11 is 0. The quantitative estimate of drug-likeness (QED) is 0.261. The van der Waals surface area contributed by atoms with E-state index in [1.165, 1.54) is 0 Å². The average molecular weight is 536 g/mol. The average Bonchev–Trinajstić information content (AvgIpc) is 3.55. The van der Waals surface area contributed by atoms with Gasteiger partial charge in [-0.2, -0.15) is 0 Å². The molecule has 7 heteroatoms. The number of fused-ring (bicyclic) bond motifs is 2. The lowest BCUT2D eigenvalue weighted by molar-refractivity contribution is 0.0919. The molecule has 0 spiro atoms. The Morgan fingerprint density at radius 1 is 0.900 bits per heavy atom. The zero-order valence-corrected chi connectivity index (χ0v) is 24.0. The molecule has 0 saturated carbocycles. The van der Waals surface area contributed by atoms with Crippen LogP contribution in [0.2, 0.25) is 0 Å². The number of anilines is 1. The Balaban J connectivity index is 0.000000210. The van der Waals surface area contributed by atoms with E-state index in [2.05, 4.69) is 64.6 Å². The number of benzene rings is 1. The van der Waals surface area contributed by atoms with Gasteiger partial charge in [-0.1, -0.05) is 45.1 Å². The molecule has 3 N–H and O–H groups in total. The number of nitrogens with one attached hydrogen (secondary N) is 3. The molecule has 5 rings (SSSR count). The van der Waals surface area contributed by atoms with Crippen molar-refractivity contribution in [3.8, 4) is 0 Å². The monoisotopic (exact) mass is 535 g/mol. The second-order valence-electron chi connectivity index (χ2n) is 11.9. The number of rotatable bonds is 4. The van der Waals surface area contributed by atoms with Crippen molar-refractivity contribution in [1.29, 1.82) is 0 Å². The number of hydrogen-bond acceptors (Lipinski definition) is 4. The van der Waals surface area contributed by atoms with Gasteiger partial charge in [0.2, 0.25) is 0 Å². The zero-order valence-electron chi connectivity index (χ0n) is 24.0. The number of carbonyl (C=O) groups excluding carboxylic acids is 2. The molecule has 0 fully saturated rings. The van der Waals surface area contributed by atoms with Gasteiger partial charge in [0.05, 0.1) is 11.4 Å². The summed E-state index contributed by atoms with van der Waals surface area (Å²) in [6.07, 6.45) is 11.0. The van der Waals surface area contributed by atoms with E-state index in [0.29, 0.717) is 16.9 Å². The first kappa shape index (κ1) is 28.5. The minimum absolute atomic E-state index is 0.201. The summed E-state index contributed by atoms with van der Waals surface area (Å²) in [5, 5.41) is 6.84. The smallest absolute Gasteiger partial charge is 0.256 e. The molecule has 0 radical (unpaired) electrons. The van der Waals surface area contributed by atoms with Gasteiger partial charge in [-0.05, 0) is 86.4 Å². The zero-order chi connectivity index (χ0) is 28.9. The molecular weight excluding hydrogens is 498 g/mol. The van der Waals surface area contributed by atoms with Crippen LogP contribution in [0.3, 0.4) is 0 Å². The number of allylic oxidation sites excluding steroid dienone is 2. The van der Waals surface area contributed by atoms with Crippen LogP contribution in [0, 0.1) is 5.41 Å². The summed E-state index contributed by atoms with van der Waals surface area (Å²) in [6.45, 7) is 12.3. The fraction of sp³-hybridized carbons (Fsp3) is 0.273. The van der Waals surface area contributed by atoms with Crippen LogP contribution in [-0.4, -0.2) is 32.3 Å². The molecule has 0 atom stereocenters. The third-order valence-corrected chi connectivity index (χ3v) is 5.92. The minimum atomic E-state index is -0.336. The van der Waals surface area contributed by atoms with Gasteiger partial charge in [-0.25, -0.2) is 9.97 Å². The number of aromatic amines is 1. The molecule has 0 aliphatic heterocycles. The Morgan fingerprint density at radius 3 is 2.38 bits per heavy atom. The van der Waals surface area contributed by atoms with E-state index in [1.807, 2.05) is 57.3 Å². The number of pyridine rings is 2. The number of hydrogen-bond donors (Lipinski definition) is 3. The van der Waals surface area contributed by atoms with Crippen molar-refractivity contribution < 1.29 is 9.59 Å². The molecule has 4 aromatic rings. The van der Waals surface area contributed by atoms with Gasteiger partial charge in [0, 0.05) is 34.7 Å². The van der Waals surface area contributed by atoms with E-state index in [0.717, 1.165) is 34.4 Å². The summed E-state index contributed by atoms with van der Waals surface area (Å²) in [7, 11) is 0. The molecule has 0 unspecified atom stereocenters. The van der Waals surface area contributed by atoms with Crippen molar-refractivity contribution in [3.63, 3.8) is 0 Å². The summed E-state index contributed by atoms with van der Waals surface area (Å²) in [5.74, 6) is 0.0182. The third kappa shape index (κ3) is 7.99. The van der Waals surface area contributed by atoms with Crippen LogP contribution in [0.1, 0.15) is 79.2 Å². The summed E-state index contributed by atoms with van der Waals surface area (Å²) in [5.41, 5.74) is 4.72. The van der Waals surface area contributed by atoms with Gasteiger partial charge < -0.3 is 15.6 Å². The summed E-state index contributed by atoms with van der Waals surface area (Å²) in [4.78, 5) is 36.8. The van der Waals surface area contributed by atoms with Crippen molar-refractivity contribution in [3.05, 3.63) is 101 Å². The Labute approximate surface area is 235 Å². The van der Waals surface area contributed by atoms with Gasteiger partial charge in [-0.3, -0.25) is 9.59 Å². The maximum absolute atomic E-state index is 12.5. The van der Waals surface area contributed by atoms with E-state index in [9.17, 15) is 9.59 Å². The molecule has 1 aliphatic carbocycles. The largest absolute Gasteiger partial charge is 0.347 e. The molecule has 40 heavy (non-hydrogen) atoms. The fourth-order valence-electron chi connectivity index (χ4n) is 3.97. The highest BCUT2D eigenvalue weighted by atomic mass is 16.2. The maximum Gasteiger partial charge on any atom is 0.256 e. The molecule has 1 aromatic carbocycles. The van der Waals surface area contributed by atoms with Gasteiger partial charge in [0.25, 0.3) is 11.8 Å². The van der Waals surface area contributed by atoms with Gasteiger partial charge in [0.15, 0.2) is 0 Å². The van der Waals surface area contributed by atoms with E-state index in [4.69, 9.17) is 0 Å². The molecule has 0 saturated heterocycles. The predicted octanol–water partition coefficient (Wildman–Crippen LogP) is 7.05. The Bertz CT molecular complexity index is 1580. The van der Waals surface area contributed by atoms with Crippen LogP contribution in [-0.2, 0) is 6.42 Å². The number of amides is 2. The number of nitrogens with zero attached hydrogens (tertiary/aromatic N) is 2. The second kappa shape index (κ2) is 11.7. The standard InChI is InChI=1S/C20H21N3O2.C13H16N2/c1-20(2,3)23-19(25)15-8-4-7-14(12-15)18(24)22-17-11-10-13-6-5-9-16(13)21-17;1-13(2,3)8-6-11-5-4-10-7-9-14-12(10)15-11/h4-8,10-12H,9H2,1-3H3,(H,23,25)(H,21,22,24);4-9H,1-3H3,(H,14,15)/b;8-6+. The predicted molar refractivity (Wildman–Crippen MR) is 163 cm³/mol. The van der Waals surface area contributed by atoms with Crippen LogP contribution in [0.5, 0.6) is 0 Å². The van der Waals surface area contributed by atoms with Crippen molar-refractivity contribution in [2.45, 2.75) is 53.5 Å². The van der Waals surface area contributed by atoms with Crippen LogP contribution in [0.4, 0.5) is 5.82 Å². The number of carbonyl (C=O) groups is 2. The van der Waals surface area contributed by atoms with Crippen LogP contribution < -0.4 is 10.6 Å². The van der Waals surface area contributed by atoms with Crippen LogP contribution >= 0.6 is 0 Å². The first-order chi connectivity index (χ1) is 18.9. The van der Waals surface area contributed by atoms with Crippen LogP contribution in [0.15, 0.2) is 72.9 Å². The summed E-state index contributed by atoms with van der Waals surface area (Å²) < 4.78 is 0. The lowest BCUT2D eigenvalue weighted by Crippen LogP contribution is -2.40. The third-order valence-electron chi connectivity index (χ3n) is 5.92. The normalized spacial score (nSPS) is 12.7. The highest BCUT2D eigenvalue weighted by molar-refractivity contribution is 6.05. The lowest BCUT2D eigenvalue weighted by Gasteiger charge is -2.20. The van der Waals surface area contributed by atoms with E-state index >= 15 is 0 Å². The van der Waals surface area contributed by atoms with Gasteiger partial charge in [-0.15, -0.1) is 0 Å². The summed E-state index contributed by atoms with van der Waals surface area (Å²) in [6, 6.07) is 16.5. The van der Waals surface area contributed by atoms with Crippen molar-refractivity contribution in [1.82, 2.24) is 20.3 Å². The lowest BCUT2D eigenvalue weighted by atomic mass is 9.96. The molecule has 1 aliphatic rings. The second-order valence-corrected chi connectivity index (χ2v) is 11.9. The molecule has 3 heterocycles.